The van der Waals surface area contributed by atoms with Crippen LogP contribution >= 0.6 is 0 Å². The summed E-state index contributed by atoms with van der Waals surface area (Å²) in [5.74, 6) is 0. The molecule has 15 heavy (non-hydrogen) atoms. The molecule has 0 saturated carbocycles. The highest BCUT2D eigenvalue weighted by molar-refractivity contribution is 4.72. The minimum atomic E-state index is 0.443. The minimum absolute atomic E-state index is 0.443. The van der Waals surface area contributed by atoms with E-state index in [0.717, 1.165) is 13.0 Å². The van der Waals surface area contributed by atoms with Crippen molar-refractivity contribution in [3.8, 4) is 0 Å². The summed E-state index contributed by atoms with van der Waals surface area (Å²) in [4.78, 5) is 0. The van der Waals surface area contributed by atoms with Crippen LogP contribution in [0.25, 0.3) is 0 Å². The summed E-state index contributed by atoms with van der Waals surface area (Å²) < 4.78 is 5.18. The summed E-state index contributed by atoms with van der Waals surface area (Å²) >= 11 is 0. The number of nitrogens with one attached hydrogen (secondary N) is 1. The molecule has 0 rings (SSSR count). The Bertz CT molecular complexity index is 151. The number of methoxy groups -OCH3 is 1. The van der Waals surface area contributed by atoms with Crippen molar-refractivity contribution in [1.29, 1.82) is 0 Å². The van der Waals surface area contributed by atoms with Crippen LogP contribution in [0.2, 0.25) is 0 Å². The van der Waals surface area contributed by atoms with Crippen LogP contribution in [0.1, 0.15) is 53.9 Å². The van der Waals surface area contributed by atoms with Crippen molar-refractivity contribution in [2.45, 2.75) is 66.0 Å². The number of ether oxygens (including phenoxy) is 1. The first-order chi connectivity index (χ1) is 6.89. The van der Waals surface area contributed by atoms with Gasteiger partial charge in [0.25, 0.3) is 0 Å². The highest BCUT2D eigenvalue weighted by Gasteiger charge is 2.14. The van der Waals surface area contributed by atoms with Crippen LogP contribution in [0, 0.1) is 5.41 Å². The first kappa shape index (κ1) is 14.9. The largest absolute Gasteiger partial charge is 0.383 e. The molecule has 0 amide bonds. The Hall–Kier alpha value is -0.0800. The molecule has 92 valence electrons. The van der Waals surface area contributed by atoms with Gasteiger partial charge in [0.05, 0.1) is 6.61 Å². The summed E-state index contributed by atoms with van der Waals surface area (Å²) in [6.45, 7) is 12.2. The maximum absolute atomic E-state index is 5.18. The maximum Gasteiger partial charge on any atom is 0.0615 e. The quantitative estimate of drug-likeness (QED) is 0.704. The molecule has 0 aromatic carbocycles. The van der Waals surface area contributed by atoms with E-state index in [4.69, 9.17) is 4.74 Å². The van der Waals surface area contributed by atoms with E-state index in [1.807, 2.05) is 0 Å². The Morgan fingerprint density at radius 2 is 1.87 bits per heavy atom. The molecule has 0 aromatic heterocycles. The van der Waals surface area contributed by atoms with Gasteiger partial charge in [0, 0.05) is 19.2 Å². The van der Waals surface area contributed by atoms with Crippen LogP contribution in [0.15, 0.2) is 0 Å². The molecule has 0 radical (unpaired) electrons. The smallest absolute Gasteiger partial charge is 0.0615 e. The van der Waals surface area contributed by atoms with Crippen molar-refractivity contribution in [2.75, 3.05) is 13.7 Å². The van der Waals surface area contributed by atoms with Crippen molar-refractivity contribution in [2.24, 2.45) is 5.41 Å². The van der Waals surface area contributed by atoms with E-state index in [9.17, 15) is 0 Å². The normalized spacial score (nSPS) is 16.4. The molecule has 0 aliphatic rings. The van der Waals surface area contributed by atoms with Gasteiger partial charge in [-0.3, -0.25) is 0 Å². The van der Waals surface area contributed by atoms with Crippen molar-refractivity contribution < 1.29 is 4.74 Å². The molecule has 0 fully saturated rings. The summed E-state index contributed by atoms with van der Waals surface area (Å²) in [7, 11) is 1.77. The Morgan fingerprint density at radius 1 is 1.27 bits per heavy atom. The fraction of sp³-hybridized carbons (Fsp3) is 1.00. The predicted octanol–water partition coefficient (Wildman–Crippen LogP) is 3.22. The third-order valence-electron chi connectivity index (χ3n) is 2.71. The first-order valence-corrected chi connectivity index (χ1v) is 6.14. The second kappa shape index (κ2) is 7.24. The lowest BCUT2D eigenvalue weighted by Crippen LogP contribution is -2.39. The molecule has 2 nitrogen and oxygen atoms in total. The zero-order chi connectivity index (χ0) is 11.9. The summed E-state index contributed by atoms with van der Waals surface area (Å²) in [6.07, 6.45) is 3.64. The zero-order valence-electron chi connectivity index (χ0n) is 11.4. The number of rotatable bonds is 7. The lowest BCUT2D eigenvalue weighted by atomic mass is 9.89. The molecule has 0 aliphatic carbocycles. The lowest BCUT2D eigenvalue weighted by Gasteiger charge is -2.25. The first-order valence-electron chi connectivity index (χ1n) is 6.14. The Kier molecular flexibility index (Phi) is 7.20. The van der Waals surface area contributed by atoms with Gasteiger partial charge in [0.15, 0.2) is 0 Å². The highest BCUT2D eigenvalue weighted by Crippen LogP contribution is 2.21. The summed E-state index contributed by atoms with van der Waals surface area (Å²) in [5, 5.41) is 3.62. The molecule has 1 N–H and O–H groups in total. The monoisotopic (exact) mass is 215 g/mol. The molecule has 0 aromatic rings. The van der Waals surface area contributed by atoms with E-state index in [-0.39, 0.29) is 0 Å². The van der Waals surface area contributed by atoms with Crippen LogP contribution in [-0.2, 0) is 4.74 Å². The molecule has 2 atom stereocenters. The van der Waals surface area contributed by atoms with E-state index in [1.165, 1.54) is 12.8 Å². The van der Waals surface area contributed by atoms with Crippen LogP contribution < -0.4 is 5.32 Å². The Balaban J connectivity index is 3.75. The Morgan fingerprint density at radius 3 is 2.27 bits per heavy atom. The predicted molar refractivity (Wildman–Crippen MR) is 67.2 cm³/mol. The van der Waals surface area contributed by atoms with Crippen LogP contribution in [0.4, 0.5) is 0 Å². The standard InChI is InChI=1S/C13H29NO/c1-7-12(10-15-6)14-11(2)8-9-13(3,4)5/h11-12,14H,7-10H2,1-6H3. The van der Waals surface area contributed by atoms with E-state index < -0.39 is 0 Å². The molecular weight excluding hydrogens is 186 g/mol. The second-order valence-electron chi connectivity index (χ2n) is 5.73. The SMILES string of the molecule is CCC(COC)NC(C)CCC(C)(C)C. The van der Waals surface area contributed by atoms with Crippen LogP contribution in [0.3, 0.4) is 0 Å². The van der Waals surface area contributed by atoms with Gasteiger partial charge in [-0.05, 0) is 31.6 Å². The van der Waals surface area contributed by atoms with Gasteiger partial charge in [0.1, 0.15) is 0 Å². The lowest BCUT2D eigenvalue weighted by molar-refractivity contribution is 0.157. The second-order valence-corrected chi connectivity index (χ2v) is 5.73. The average molecular weight is 215 g/mol. The fourth-order valence-electron chi connectivity index (χ4n) is 1.62. The maximum atomic E-state index is 5.18. The topological polar surface area (TPSA) is 21.3 Å². The van der Waals surface area contributed by atoms with Crippen molar-refractivity contribution in [3.05, 3.63) is 0 Å². The molecule has 0 aliphatic heterocycles. The number of hydrogen-bond donors (Lipinski definition) is 1. The van der Waals surface area contributed by atoms with E-state index in [0.29, 0.717) is 17.5 Å². The molecule has 0 spiro atoms. The summed E-state index contributed by atoms with van der Waals surface area (Å²) in [6, 6.07) is 1.09. The van der Waals surface area contributed by atoms with Gasteiger partial charge >= 0.3 is 0 Å². The van der Waals surface area contributed by atoms with Gasteiger partial charge in [0.2, 0.25) is 0 Å². The van der Waals surface area contributed by atoms with Crippen molar-refractivity contribution in [1.82, 2.24) is 5.32 Å². The van der Waals surface area contributed by atoms with Gasteiger partial charge in [-0.2, -0.15) is 0 Å². The fourth-order valence-corrected chi connectivity index (χ4v) is 1.62. The molecule has 0 heterocycles. The van der Waals surface area contributed by atoms with Crippen molar-refractivity contribution >= 4 is 0 Å². The Labute approximate surface area is 95.8 Å². The summed E-state index contributed by atoms with van der Waals surface area (Å²) in [5.41, 5.74) is 0.443. The van der Waals surface area contributed by atoms with E-state index >= 15 is 0 Å². The third kappa shape index (κ3) is 8.88. The number of hydrogen-bond acceptors (Lipinski definition) is 2. The molecule has 2 heteroatoms. The average Bonchev–Trinajstić information content (AvgIpc) is 2.13. The van der Waals surface area contributed by atoms with Gasteiger partial charge in [-0.1, -0.05) is 27.7 Å². The minimum Gasteiger partial charge on any atom is -0.383 e. The third-order valence-corrected chi connectivity index (χ3v) is 2.71. The van der Waals surface area contributed by atoms with Gasteiger partial charge < -0.3 is 10.1 Å². The molecule has 0 bridgehead atoms. The molecule has 0 saturated heterocycles. The van der Waals surface area contributed by atoms with Gasteiger partial charge in [-0.25, -0.2) is 0 Å². The van der Waals surface area contributed by atoms with E-state index in [1.54, 1.807) is 7.11 Å². The van der Waals surface area contributed by atoms with Crippen LogP contribution in [0.5, 0.6) is 0 Å². The van der Waals surface area contributed by atoms with Crippen molar-refractivity contribution in [3.63, 3.8) is 0 Å². The van der Waals surface area contributed by atoms with Gasteiger partial charge in [-0.15, -0.1) is 0 Å². The molecular formula is C13H29NO. The zero-order valence-corrected chi connectivity index (χ0v) is 11.4. The molecule has 2 unspecified atom stereocenters. The van der Waals surface area contributed by atoms with Crippen LogP contribution in [-0.4, -0.2) is 25.8 Å². The van der Waals surface area contributed by atoms with E-state index in [2.05, 4.69) is 39.9 Å². The highest BCUT2D eigenvalue weighted by atomic mass is 16.5.